The van der Waals surface area contributed by atoms with Crippen molar-refractivity contribution in [3.63, 3.8) is 0 Å². The fraction of sp³-hybridized carbons (Fsp3) is 0.167. The summed E-state index contributed by atoms with van der Waals surface area (Å²) in [5, 5.41) is 8.89. The molecule has 48 valence electrons. The monoisotopic (exact) mass is 124 g/mol. The summed E-state index contributed by atoms with van der Waals surface area (Å²) in [5.41, 5.74) is 0. The molecule has 0 bridgehead atoms. The Morgan fingerprint density at radius 2 is 2.67 bits per heavy atom. The van der Waals surface area contributed by atoms with E-state index in [4.69, 9.17) is 5.11 Å². The van der Waals surface area contributed by atoms with Crippen molar-refractivity contribution in [3.05, 3.63) is 25.0 Å². The number of allylic oxidation sites excluding steroid dienone is 1. The molecule has 0 saturated carbocycles. The lowest BCUT2D eigenvalue weighted by Crippen LogP contribution is -1.90. The lowest BCUT2D eigenvalue weighted by Gasteiger charge is -1.94. The summed E-state index contributed by atoms with van der Waals surface area (Å²) in [4.78, 5) is 3.61. The molecule has 1 rings (SSSR count). The maximum Gasteiger partial charge on any atom is 0.293 e. The minimum absolute atomic E-state index is 0.0369. The Hall–Kier alpha value is -1.25. The molecule has 0 fully saturated rings. The van der Waals surface area contributed by atoms with Gasteiger partial charge in [-0.15, -0.1) is 6.58 Å². The fourth-order valence-corrected chi connectivity index (χ4v) is 0.603. The molecule has 9 heavy (non-hydrogen) atoms. The highest BCUT2D eigenvalue weighted by Gasteiger charge is 1.93. The van der Waals surface area contributed by atoms with Crippen LogP contribution in [0.3, 0.4) is 0 Å². The Labute approximate surface area is 53.3 Å². The SMILES string of the molecule is C=CCn1ccnc1O. The third-order valence-corrected chi connectivity index (χ3v) is 1.02. The molecule has 0 aliphatic heterocycles. The van der Waals surface area contributed by atoms with Gasteiger partial charge in [-0.2, -0.15) is 0 Å². The van der Waals surface area contributed by atoms with Gasteiger partial charge in [-0.3, -0.25) is 4.57 Å². The first kappa shape index (κ1) is 5.88. The van der Waals surface area contributed by atoms with E-state index in [0.717, 1.165) is 0 Å². The molecule has 1 aromatic rings. The van der Waals surface area contributed by atoms with Crippen LogP contribution < -0.4 is 0 Å². The molecular weight excluding hydrogens is 116 g/mol. The molecule has 0 aliphatic rings. The van der Waals surface area contributed by atoms with E-state index in [0.29, 0.717) is 6.54 Å². The van der Waals surface area contributed by atoms with Gasteiger partial charge in [0.05, 0.1) is 0 Å². The minimum atomic E-state index is 0.0369. The van der Waals surface area contributed by atoms with Crippen molar-refractivity contribution in [3.8, 4) is 6.01 Å². The molecule has 1 heterocycles. The van der Waals surface area contributed by atoms with E-state index >= 15 is 0 Å². The van der Waals surface area contributed by atoms with Crippen molar-refractivity contribution >= 4 is 0 Å². The van der Waals surface area contributed by atoms with E-state index in [1.807, 2.05) is 0 Å². The van der Waals surface area contributed by atoms with E-state index in [-0.39, 0.29) is 6.01 Å². The number of nitrogens with zero attached hydrogens (tertiary/aromatic N) is 2. The zero-order chi connectivity index (χ0) is 6.69. The third-order valence-electron chi connectivity index (χ3n) is 1.02. The van der Waals surface area contributed by atoms with Gasteiger partial charge in [0.15, 0.2) is 0 Å². The van der Waals surface area contributed by atoms with Gasteiger partial charge < -0.3 is 5.11 Å². The van der Waals surface area contributed by atoms with Crippen LogP contribution in [-0.2, 0) is 6.54 Å². The Kier molecular flexibility index (Phi) is 1.53. The molecule has 0 atom stereocenters. The van der Waals surface area contributed by atoms with E-state index in [2.05, 4.69) is 11.6 Å². The number of aromatic nitrogens is 2. The van der Waals surface area contributed by atoms with E-state index < -0.39 is 0 Å². The second-order valence-electron chi connectivity index (χ2n) is 1.67. The van der Waals surface area contributed by atoms with Gasteiger partial charge in [-0.05, 0) is 0 Å². The molecular formula is C6H8N2O. The van der Waals surface area contributed by atoms with Crippen molar-refractivity contribution in [2.45, 2.75) is 6.54 Å². The normalized spacial score (nSPS) is 9.33. The Bertz CT molecular complexity index is 205. The van der Waals surface area contributed by atoms with Crippen molar-refractivity contribution in [1.29, 1.82) is 0 Å². The number of imidazole rings is 1. The quantitative estimate of drug-likeness (QED) is 0.591. The lowest BCUT2D eigenvalue weighted by molar-refractivity contribution is 0.406. The highest BCUT2D eigenvalue weighted by atomic mass is 16.3. The predicted molar refractivity (Wildman–Crippen MR) is 34.1 cm³/mol. The van der Waals surface area contributed by atoms with Crippen LogP contribution in [-0.4, -0.2) is 14.7 Å². The first-order valence-electron chi connectivity index (χ1n) is 2.65. The number of rotatable bonds is 2. The van der Waals surface area contributed by atoms with Crippen LogP contribution in [0, 0.1) is 0 Å². The average Bonchev–Trinajstić information content (AvgIpc) is 2.18. The lowest BCUT2D eigenvalue weighted by atomic mass is 10.6. The van der Waals surface area contributed by atoms with Gasteiger partial charge in [-0.1, -0.05) is 6.08 Å². The summed E-state index contributed by atoms with van der Waals surface area (Å²) in [5.74, 6) is 0. The topological polar surface area (TPSA) is 38.0 Å². The third kappa shape index (κ3) is 1.10. The molecule has 3 heteroatoms. The summed E-state index contributed by atoms with van der Waals surface area (Å²) in [6.45, 7) is 4.12. The Morgan fingerprint density at radius 3 is 3.11 bits per heavy atom. The molecule has 3 nitrogen and oxygen atoms in total. The standard InChI is InChI=1S/C6H8N2O/c1-2-4-8-5-3-7-6(8)9/h2-3,5H,1,4H2,(H,7,9). The Morgan fingerprint density at radius 1 is 1.89 bits per heavy atom. The minimum Gasteiger partial charge on any atom is -0.480 e. The molecule has 1 aromatic heterocycles. The van der Waals surface area contributed by atoms with Crippen LogP contribution in [0.4, 0.5) is 0 Å². The zero-order valence-corrected chi connectivity index (χ0v) is 4.99. The summed E-state index contributed by atoms with van der Waals surface area (Å²) in [7, 11) is 0. The van der Waals surface area contributed by atoms with Gasteiger partial charge in [0.1, 0.15) is 0 Å². The fourth-order valence-electron chi connectivity index (χ4n) is 0.603. The van der Waals surface area contributed by atoms with Gasteiger partial charge in [0.2, 0.25) is 0 Å². The van der Waals surface area contributed by atoms with Gasteiger partial charge in [-0.25, -0.2) is 4.98 Å². The van der Waals surface area contributed by atoms with Gasteiger partial charge >= 0.3 is 0 Å². The molecule has 0 aliphatic carbocycles. The highest BCUT2D eigenvalue weighted by molar-refractivity contribution is 4.96. The first-order valence-corrected chi connectivity index (χ1v) is 2.65. The van der Waals surface area contributed by atoms with Crippen molar-refractivity contribution < 1.29 is 5.11 Å². The van der Waals surface area contributed by atoms with Gasteiger partial charge in [0.25, 0.3) is 6.01 Å². The highest BCUT2D eigenvalue weighted by Crippen LogP contribution is 2.02. The van der Waals surface area contributed by atoms with Crippen LogP contribution in [0.5, 0.6) is 6.01 Å². The van der Waals surface area contributed by atoms with Crippen molar-refractivity contribution in [2.75, 3.05) is 0 Å². The Balaban J connectivity index is 2.80. The molecule has 0 amide bonds. The number of aromatic hydroxyl groups is 1. The molecule has 0 radical (unpaired) electrons. The molecule has 0 saturated heterocycles. The average molecular weight is 124 g/mol. The smallest absolute Gasteiger partial charge is 0.293 e. The molecule has 1 N–H and O–H groups in total. The van der Waals surface area contributed by atoms with Crippen molar-refractivity contribution in [2.24, 2.45) is 0 Å². The maximum atomic E-state index is 8.89. The molecule has 0 unspecified atom stereocenters. The second-order valence-corrected chi connectivity index (χ2v) is 1.67. The number of hydrogen-bond acceptors (Lipinski definition) is 2. The van der Waals surface area contributed by atoms with Crippen molar-refractivity contribution in [1.82, 2.24) is 9.55 Å². The van der Waals surface area contributed by atoms with E-state index in [1.54, 1.807) is 23.0 Å². The summed E-state index contributed by atoms with van der Waals surface area (Å²) in [6, 6.07) is 0.0369. The van der Waals surface area contributed by atoms with Crippen LogP contribution >= 0.6 is 0 Å². The molecule has 0 spiro atoms. The summed E-state index contributed by atoms with van der Waals surface area (Å²) in [6.07, 6.45) is 4.93. The van der Waals surface area contributed by atoms with E-state index in [9.17, 15) is 0 Å². The van der Waals surface area contributed by atoms with E-state index in [1.165, 1.54) is 0 Å². The first-order chi connectivity index (χ1) is 4.34. The predicted octanol–water partition coefficient (Wildman–Crippen LogP) is 0.775. The number of hydrogen-bond donors (Lipinski definition) is 1. The molecule has 0 aromatic carbocycles. The summed E-state index contributed by atoms with van der Waals surface area (Å²) >= 11 is 0. The van der Waals surface area contributed by atoms with Crippen LogP contribution in [0.15, 0.2) is 25.0 Å². The van der Waals surface area contributed by atoms with Crippen LogP contribution in [0.25, 0.3) is 0 Å². The van der Waals surface area contributed by atoms with Crippen LogP contribution in [0.1, 0.15) is 0 Å². The largest absolute Gasteiger partial charge is 0.480 e. The second kappa shape index (κ2) is 2.35. The van der Waals surface area contributed by atoms with Gasteiger partial charge in [0, 0.05) is 18.9 Å². The zero-order valence-electron chi connectivity index (χ0n) is 4.99. The van der Waals surface area contributed by atoms with Crippen LogP contribution in [0.2, 0.25) is 0 Å². The maximum absolute atomic E-state index is 8.89. The summed E-state index contributed by atoms with van der Waals surface area (Å²) < 4.78 is 1.59.